The van der Waals surface area contributed by atoms with E-state index in [2.05, 4.69) is 0 Å². The van der Waals surface area contributed by atoms with Crippen molar-refractivity contribution in [2.75, 3.05) is 14.2 Å². The Morgan fingerprint density at radius 1 is 1.19 bits per heavy atom. The van der Waals surface area contributed by atoms with Crippen LogP contribution in [0.3, 0.4) is 0 Å². The smallest absolute Gasteiger partial charge is 0.310 e. The zero-order valence-corrected chi connectivity index (χ0v) is 15.4. The summed E-state index contributed by atoms with van der Waals surface area (Å²) < 4.78 is 19.7. The molecule has 5 nitrogen and oxygen atoms in total. The molecule has 0 amide bonds. The summed E-state index contributed by atoms with van der Waals surface area (Å²) in [4.78, 5) is 25.0. The van der Waals surface area contributed by atoms with E-state index in [-0.39, 0.29) is 18.4 Å². The lowest BCUT2D eigenvalue weighted by atomic mass is 10.1. The largest absolute Gasteiger partial charge is 0.497 e. The molecule has 0 N–H and O–H groups in total. The Bertz CT molecular complexity index is 1040. The van der Waals surface area contributed by atoms with Crippen molar-refractivity contribution in [3.8, 4) is 5.75 Å². The fourth-order valence-electron chi connectivity index (χ4n) is 2.94. The molecule has 0 atom stereocenters. The molecule has 3 aromatic rings. The van der Waals surface area contributed by atoms with Crippen molar-refractivity contribution in [2.45, 2.75) is 13.3 Å². The number of hydrogen-bond donors (Lipinski definition) is 0. The Labute approximate surface area is 157 Å². The van der Waals surface area contributed by atoms with Crippen molar-refractivity contribution in [1.29, 1.82) is 0 Å². The normalized spacial score (nSPS) is 11.3. The van der Waals surface area contributed by atoms with Crippen LogP contribution < -0.4 is 4.74 Å². The molecule has 2 aromatic carbocycles. The number of rotatable bonds is 4. The molecule has 0 aliphatic heterocycles. The molecule has 1 heterocycles. The summed E-state index contributed by atoms with van der Waals surface area (Å²) >= 11 is 5.91. The number of esters is 1. The summed E-state index contributed by atoms with van der Waals surface area (Å²) in [7, 11) is 2.79. The van der Waals surface area contributed by atoms with Crippen LogP contribution in [0.25, 0.3) is 10.9 Å². The zero-order valence-electron chi connectivity index (χ0n) is 15.6. The van der Waals surface area contributed by atoms with E-state index in [4.69, 9.17) is 22.4 Å². The van der Waals surface area contributed by atoms with Crippen molar-refractivity contribution in [1.82, 2.24) is 4.57 Å². The number of fused-ring (bicyclic) bond motifs is 1. The number of aromatic nitrogens is 1. The van der Waals surface area contributed by atoms with Crippen molar-refractivity contribution in [3.63, 3.8) is 0 Å². The van der Waals surface area contributed by atoms with Crippen LogP contribution in [0.1, 0.15) is 23.0 Å². The van der Waals surface area contributed by atoms with E-state index in [1.54, 1.807) is 43.3 Å². The Hall–Kier alpha value is -2.79. The lowest BCUT2D eigenvalue weighted by molar-refractivity contribution is -0.139. The highest BCUT2D eigenvalue weighted by Crippen LogP contribution is 2.31. The molecule has 0 saturated heterocycles. The second kappa shape index (κ2) is 7.22. The number of ether oxygens (including phenoxy) is 2. The van der Waals surface area contributed by atoms with Crippen LogP contribution in [0.4, 0.5) is 0 Å². The quantitative estimate of drug-likeness (QED) is 0.648. The second-order valence-electron chi connectivity index (χ2n) is 5.76. The Morgan fingerprint density at radius 2 is 1.88 bits per heavy atom. The Kier molecular flexibility index (Phi) is 4.63. The van der Waals surface area contributed by atoms with Crippen LogP contribution in [-0.2, 0) is 16.0 Å². The van der Waals surface area contributed by atoms with E-state index in [0.717, 1.165) is 0 Å². The average Bonchev–Trinajstić information content (AvgIpc) is 2.91. The zero-order chi connectivity index (χ0) is 19.7. The van der Waals surface area contributed by atoms with Gasteiger partial charge in [0.25, 0.3) is 5.91 Å². The molecule has 0 fully saturated rings. The van der Waals surface area contributed by atoms with E-state index in [1.165, 1.54) is 18.8 Å². The number of carbonyl (C=O) groups excluding carboxylic acids is 2. The number of methoxy groups -OCH3 is 2. The average molecular weight is 374 g/mol. The number of benzene rings is 2. The van der Waals surface area contributed by atoms with E-state index in [9.17, 15) is 9.59 Å². The molecule has 0 saturated carbocycles. The molecule has 26 heavy (non-hydrogen) atoms. The van der Waals surface area contributed by atoms with Gasteiger partial charge in [0, 0.05) is 21.7 Å². The topological polar surface area (TPSA) is 57.5 Å². The van der Waals surface area contributed by atoms with Gasteiger partial charge >= 0.3 is 5.97 Å². The monoisotopic (exact) mass is 373 g/mol. The third kappa shape index (κ3) is 3.18. The van der Waals surface area contributed by atoms with E-state index >= 15 is 0 Å². The van der Waals surface area contributed by atoms with Gasteiger partial charge in [-0.3, -0.25) is 14.2 Å². The van der Waals surface area contributed by atoms with E-state index < -0.39 is 5.97 Å². The van der Waals surface area contributed by atoms with Crippen molar-refractivity contribution in [3.05, 3.63) is 64.3 Å². The summed E-state index contributed by atoms with van der Waals surface area (Å²) in [6.07, 6.45) is 0.0141. The van der Waals surface area contributed by atoms with Crippen LogP contribution in [0, 0.1) is 6.92 Å². The van der Waals surface area contributed by atoms with Gasteiger partial charge < -0.3 is 9.47 Å². The van der Waals surface area contributed by atoms with Crippen LogP contribution in [0.2, 0.25) is 5.02 Å². The maximum atomic E-state index is 13.1. The van der Waals surface area contributed by atoms with Gasteiger partial charge in [0.15, 0.2) is 0 Å². The highest BCUT2D eigenvalue weighted by molar-refractivity contribution is 6.30. The van der Waals surface area contributed by atoms with Crippen LogP contribution >= 0.6 is 11.6 Å². The van der Waals surface area contributed by atoms with Gasteiger partial charge in [-0.15, -0.1) is 0 Å². The lowest BCUT2D eigenvalue weighted by Crippen LogP contribution is -2.14. The maximum Gasteiger partial charge on any atom is 0.310 e. The highest BCUT2D eigenvalue weighted by Gasteiger charge is 2.22. The molecule has 0 spiro atoms. The molecule has 3 rings (SSSR count). The minimum absolute atomic E-state index is 0.0141. The van der Waals surface area contributed by atoms with Gasteiger partial charge in [-0.25, -0.2) is 0 Å². The molecule has 0 radical (unpaired) electrons. The summed E-state index contributed by atoms with van der Waals surface area (Å²) in [6, 6.07) is 9.96. The minimum atomic E-state index is -0.412. The fraction of sp³-hybridized carbons (Fsp3) is 0.200. The van der Waals surface area contributed by atoms with Crippen LogP contribution in [0.5, 0.6) is 5.75 Å². The maximum absolute atomic E-state index is 13.1. The molecular formula is C20H18ClNO4. The van der Waals surface area contributed by atoms with Crippen molar-refractivity contribution in [2.24, 2.45) is 0 Å². The van der Waals surface area contributed by atoms with Gasteiger partial charge in [-0.2, -0.15) is 0 Å². The molecule has 6 heteroatoms. The van der Waals surface area contributed by atoms with Gasteiger partial charge in [-0.05, 0) is 54.9 Å². The van der Waals surface area contributed by atoms with Crippen molar-refractivity contribution >= 4 is 34.4 Å². The number of carbonyl (C=O) groups is 2. The molecule has 0 aliphatic rings. The van der Waals surface area contributed by atoms with E-state index in [0.29, 0.717) is 38.5 Å². The summed E-state index contributed by atoms with van der Waals surface area (Å²) in [5, 5.41) is 1.21. The third-order valence-electron chi connectivity index (χ3n) is 4.30. The first kappa shape index (κ1) is 16.7. The first-order chi connectivity index (χ1) is 12.9. The molecule has 0 aliphatic carbocycles. The third-order valence-corrected chi connectivity index (χ3v) is 4.56. The fourth-order valence-corrected chi connectivity index (χ4v) is 3.07. The predicted molar refractivity (Wildman–Crippen MR) is 100 cm³/mol. The van der Waals surface area contributed by atoms with E-state index in [1.807, 2.05) is 0 Å². The van der Waals surface area contributed by atoms with Gasteiger partial charge in [0.1, 0.15) is 5.75 Å². The molecule has 0 bridgehead atoms. The molecule has 1 aromatic heterocycles. The van der Waals surface area contributed by atoms with Crippen LogP contribution in [0.15, 0.2) is 42.4 Å². The van der Waals surface area contributed by atoms with Gasteiger partial charge in [0.2, 0.25) is 0 Å². The number of nitrogens with zero attached hydrogens (tertiary/aromatic N) is 1. The van der Waals surface area contributed by atoms with Gasteiger partial charge in [-0.1, -0.05) is 11.6 Å². The number of hydrogen-bond acceptors (Lipinski definition) is 4. The highest BCUT2D eigenvalue weighted by atomic mass is 35.5. The SMILES string of the molecule is [3H]c1cc2c(cc1OC)c(CC(=O)OC)c(C)n2C(=O)c1ccc(Cl)cc1. The summed E-state index contributed by atoms with van der Waals surface area (Å²) in [5.41, 5.74) is 2.27. The second-order valence-corrected chi connectivity index (χ2v) is 6.20. The van der Waals surface area contributed by atoms with Crippen molar-refractivity contribution < 1.29 is 20.4 Å². The Morgan fingerprint density at radius 3 is 2.50 bits per heavy atom. The number of halogens is 1. The summed E-state index contributed by atoms with van der Waals surface area (Å²) in [5.74, 6) is -0.315. The molecule has 134 valence electrons. The first-order valence-corrected chi connectivity index (χ1v) is 8.30. The first-order valence-electron chi connectivity index (χ1n) is 8.43. The van der Waals surface area contributed by atoms with Crippen LogP contribution in [-0.4, -0.2) is 30.7 Å². The lowest BCUT2D eigenvalue weighted by Gasteiger charge is -2.08. The van der Waals surface area contributed by atoms with Gasteiger partial charge in [0.05, 0.1) is 27.5 Å². The Balaban J connectivity index is 2.26. The summed E-state index contributed by atoms with van der Waals surface area (Å²) in [6.45, 7) is 1.77. The standard InChI is InChI=1S/C20H18ClNO4/c1-12-16(11-19(23)26-3)17-10-15(25-2)8-9-18(17)22(12)20(24)13-4-6-14(21)7-5-13/h4-10H,11H2,1-3H3/i8T. The predicted octanol–water partition coefficient (Wildman–Crippen LogP) is 4.02. The molecular weight excluding hydrogens is 354 g/mol. The molecule has 0 unspecified atom stereocenters. The minimum Gasteiger partial charge on any atom is -0.497 e.